The number of aryl methyl sites for hydroxylation is 2. The molecule has 3 nitrogen and oxygen atoms in total. The number of nitrogens with zero attached hydrogens (tertiary/aromatic N) is 1. The number of anilines is 1. The molecule has 0 bridgehead atoms. The van der Waals surface area contributed by atoms with E-state index >= 15 is 0 Å². The lowest BCUT2D eigenvalue weighted by atomic mass is 10.2. The van der Waals surface area contributed by atoms with E-state index in [9.17, 15) is 4.79 Å². The first kappa shape index (κ1) is 16.7. The zero-order valence-corrected chi connectivity index (χ0v) is 14.9. The third kappa shape index (κ3) is 3.82. The molecule has 0 saturated carbocycles. The maximum atomic E-state index is 12.0. The quantitative estimate of drug-likeness (QED) is 0.644. The molecule has 0 spiro atoms. The number of pyridine rings is 1. The molecule has 3 rings (SSSR count). The molecule has 1 heterocycles. The van der Waals surface area contributed by atoms with Crippen molar-refractivity contribution in [2.75, 3.05) is 4.72 Å². The predicted octanol–water partition coefficient (Wildman–Crippen LogP) is 4.98. The maximum absolute atomic E-state index is 12.0. The molecule has 0 aliphatic carbocycles. The first-order valence-electron chi connectivity index (χ1n) is 8.24. The number of fused-ring (bicyclic) bond motifs is 1. The zero-order valence-electron chi connectivity index (χ0n) is 14.1. The third-order valence-corrected chi connectivity index (χ3v) is 4.84. The zero-order chi connectivity index (χ0) is 16.9. The molecule has 4 heteroatoms. The van der Waals surface area contributed by atoms with E-state index in [-0.39, 0.29) is 5.56 Å². The normalized spacial score (nSPS) is 10.9. The molecule has 0 amide bonds. The van der Waals surface area contributed by atoms with Gasteiger partial charge in [0.05, 0.1) is 5.52 Å². The van der Waals surface area contributed by atoms with E-state index in [0.717, 1.165) is 35.3 Å². The second-order valence-electron chi connectivity index (χ2n) is 5.97. The molecule has 1 N–H and O–H groups in total. The second kappa shape index (κ2) is 7.58. The highest BCUT2D eigenvalue weighted by Gasteiger charge is 2.03. The lowest BCUT2D eigenvalue weighted by molar-refractivity contribution is 0.678. The van der Waals surface area contributed by atoms with Gasteiger partial charge >= 0.3 is 0 Å². The van der Waals surface area contributed by atoms with Crippen molar-refractivity contribution in [2.24, 2.45) is 0 Å². The van der Waals surface area contributed by atoms with Crippen molar-refractivity contribution in [1.29, 1.82) is 0 Å². The van der Waals surface area contributed by atoms with Crippen LogP contribution in [0, 0.1) is 6.92 Å². The van der Waals surface area contributed by atoms with Crippen molar-refractivity contribution < 1.29 is 0 Å². The molecule has 0 aliphatic rings. The summed E-state index contributed by atoms with van der Waals surface area (Å²) in [5.74, 6) is 0.910. The second-order valence-corrected chi connectivity index (χ2v) is 6.75. The number of rotatable bonds is 6. The Bertz CT molecular complexity index is 884. The molecule has 1 aromatic heterocycles. The topological polar surface area (TPSA) is 34.0 Å². The largest absolute Gasteiger partial charge is 0.329 e. The molecule has 0 saturated heterocycles. The van der Waals surface area contributed by atoms with E-state index in [1.54, 1.807) is 18.0 Å². The van der Waals surface area contributed by atoms with Crippen LogP contribution in [0.1, 0.15) is 24.5 Å². The van der Waals surface area contributed by atoms with E-state index in [1.807, 2.05) is 22.8 Å². The van der Waals surface area contributed by atoms with Gasteiger partial charge in [0.25, 0.3) is 5.56 Å². The van der Waals surface area contributed by atoms with Gasteiger partial charge in [-0.15, -0.1) is 0 Å². The fourth-order valence-electron chi connectivity index (χ4n) is 2.71. The van der Waals surface area contributed by atoms with Gasteiger partial charge in [-0.05, 0) is 55.1 Å². The monoisotopic (exact) mass is 338 g/mol. The Morgan fingerprint density at radius 3 is 2.58 bits per heavy atom. The van der Waals surface area contributed by atoms with E-state index in [4.69, 9.17) is 0 Å². The van der Waals surface area contributed by atoms with Crippen LogP contribution in [0.15, 0.2) is 59.4 Å². The van der Waals surface area contributed by atoms with Gasteiger partial charge < -0.3 is 9.29 Å². The number of hydrogen-bond donors (Lipinski definition) is 1. The summed E-state index contributed by atoms with van der Waals surface area (Å²) in [6.45, 7) is 4.94. The molecule has 0 radical (unpaired) electrons. The van der Waals surface area contributed by atoms with Crippen LogP contribution in [0.2, 0.25) is 0 Å². The summed E-state index contributed by atoms with van der Waals surface area (Å²) in [6, 6.07) is 18.3. The highest BCUT2D eigenvalue weighted by molar-refractivity contribution is 7.99. The Morgan fingerprint density at radius 1 is 1.04 bits per heavy atom. The number of nitrogens with one attached hydrogen (secondary N) is 1. The summed E-state index contributed by atoms with van der Waals surface area (Å²) in [4.78, 5) is 12.0. The maximum Gasteiger partial charge on any atom is 0.251 e. The summed E-state index contributed by atoms with van der Waals surface area (Å²) in [5.41, 5.74) is 4.71. The highest BCUT2D eigenvalue weighted by atomic mass is 32.2. The van der Waals surface area contributed by atoms with Gasteiger partial charge in [0.1, 0.15) is 0 Å². The van der Waals surface area contributed by atoms with Crippen LogP contribution in [0.5, 0.6) is 0 Å². The van der Waals surface area contributed by atoms with Gasteiger partial charge in [-0.2, -0.15) is 0 Å². The van der Waals surface area contributed by atoms with Crippen LogP contribution in [0.3, 0.4) is 0 Å². The van der Waals surface area contributed by atoms with Crippen molar-refractivity contribution in [3.05, 3.63) is 76.1 Å². The smallest absolute Gasteiger partial charge is 0.251 e. The van der Waals surface area contributed by atoms with Gasteiger partial charge in [0.15, 0.2) is 0 Å². The summed E-state index contributed by atoms with van der Waals surface area (Å²) < 4.78 is 5.24. The van der Waals surface area contributed by atoms with E-state index < -0.39 is 0 Å². The minimum absolute atomic E-state index is 0.0683. The Hall–Kier alpha value is -2.20. The molecule has 0 unspecified atom stereocenters. The SMILES string of the molecule is CCCn1c(=O)ccc2cc(NSCc3ccc(C)cc3)ccc21. The third-order valence-electron chi connectivity index (χ3n) is 3.99. The number of hydrogen-bond acceptors (Lipinski definition) is 3. The first-order valence-corrected chi connectivity index (χ1v) is 9.23. The van der Waals surface area contributed by atoms with Crippen molar-refractivity contribution in [2.45, 2.75) is 32.6 Å². The minimum Gasteiger partial charge on any atom is -0.329 e. The van der Waals surface area contributed by atoms with Crippen LogP contribution in [0.25, 0.3) is 10.9 Å². The van der Waals surface area contributed by atoms with Gasteiger partial charge in [0, 0.05) is 29.4 Å². The Morgan fingerprint density at radius 2 is 1.83 bits per heavy atom. The Labute approximate surface area is 146 Å². The Balaban J connectivity index is 1.72. The predicted molar refractivity (Wildman–Crippen MR) is 105 cm³/mol. The fraction of sp³-hybridized carbons (Fsp3) is 0.250. The average Bonchev–Trinajstić information content (AvgIpc) is 2.59. The van der Waals surface area contributed by atoms with Crippen LogP contribution in [0.4, 0.5) is 5.69 Å². The fourth-order valence-corrected chi connectivity index (χ4v) is 3.43. The number of aromatic nitrogens is 1. The standard InChI is InChI=1S/C20H22N2OS/c1-3-12-22-19-10-9-18(13-17(19)8-11-20(22)23)21-24-14-16-6-4-15(2)5-7-16/h4-11,13,21H,3,12,14H2,1-2H3. The highest BCUT2D eigenvalue weighted by Crippen LogP contribution is 2.22. The van der Waals surface area contributed by atoms with Gasteiger partial charge in [-0.3, -0.25) is 4.79 Å². The molecule has 0 fully saturated rings. The molecule has 0 aliphatic heterocycles. The summed E-state index contributed by atoms with van der Waals surface area (Å²) >= 11 is 1.67. The van der Waals surface area contributed by atoms with Crippen LogP contribution < -0.4 is 10.3 Å². The van der Waals surface area contributed by atoms with E-state index in [1.165, 1.54) is 11.1 Å². The van der Waals surface area contributed by atoms with Gasteiger partial charge in [0.2, 0.25) is 0 Å². The summed E-state index contributed by atoms with van der Waals surface area (Å²) in [7, 11) is 0. The lowest BCUT2D eigenvalue weighted by Gasteiger charge is -2.11. The summed E-state index contributed by atoms with van der Waals surface area (Å²) in [6.07, 6.45) is 0.950. The van der Waals surface area contributed by atoms with Crippen molar-refractivity contribution in [3.63, 3.8) is 0 Å². The van der Waals surface area contributed by atoms with Gasteiger partial charge in [-0.25, -0.2) is 0 Å². The molecule has 124 valence electrons. The van der Waals surface area contributed by atoms with Gasteiger partial charge in [-0.1, -0.05) is 36.8 Å². The number of benzene rings is 2. The molecular formula is C20H22N2OS. The average molecular weight is 338 g/mol. The molecule has 2 aromatic carbocycles. The molecule has 3 aromatic rings. The first-order chi connectivity index (χ1) is 11.7. The lowest BCUT2D eigenvalue weighted by Crippen LogP contribution is -2.18. The molecule has 24 heavy (non-hydrogen) atoms. The summed E-state index contributed by atoms with van der Waals surface area (Å²) in [5, 5.41) is 1.09. The molecular weight excluding hydrogens is 316 g/mol. The van der Waals surface area contributed by atoms with E-state index in [2.05, 4.69) is 48.9 Å². The van der Waals surface area contributed by atoms with Crippen LogP contribution >= 0.6 is 11.9 Å². The van der Waals surface area contributed by atoms with E-state index in [0.29, 0.717) is 0 Å². The Kier molecular flexibility index (Phi) is 5.26. The minimum atomic E-state index is 0.0683. The molecule has 0 atom stereocenters. The van der Waals surface area contributed by atoms with Crippen molar-refractivity contribution >= 4 is 28.5 Å². The van der Waals surface area contributed by atoms with Crippen molar-refractivity contribution in [3.8, 4) is 0 Å². The van der Waals surface area contributed by atoms with Crippen LogP contribution in [-0.4, -0.2) is 4.57 Å². The van der Waals surface area contributed by atoms with Crippen LogP contribution in [-0.2, 0) is 12.3 Å². The van der Waals surface area contributed by atoms with Crippen molar-refractivity contribution in [1.82, 2.24) is 4.57 Å².